The SMILES string of the molecule is O=Cc1ccc(NC(=O)c2ccc3ccccc3c2)cc1. The van der Waals surface area contributed by atoms with Crippen molar-refractivity contribution >= 4 is 28.7 Å². The van der Waals surface area contributed by atoms with Crippen LogP contribution in [0.2, 0.25) is 0 Å². The van der Waals surface area contributed by atoms with E-state index in [-0.39, 0.29) is 5.91 Å². The van der Waals surface area contributed by atoms with E-state index in [0.717, 1.165) is 17.1 Å². The molecule has 0 unspecified atom stereocenters. The quantitative estimate of drug-likeness (QED) is 0.737. The van der Waals surface area contributed by atoms with Crippen molar-refractivity contribution in [3.8, 4) is 0 Å². The first-order valence-electron chi connectivity index (χ1n) is 6.62. The lowest BCUT2D eigenvalue weighted by atomic mass is 10.1. The zero-order valence-electron chi connectivity index (χ0n) is 11.2. The van der Waals surface area contributed by atoms with Crippen LogP contribution in [0.1, 0.15) is 20.7 Å². The molecule has 21 heavy (non-hydrogen) atoms. The van der Waals surface area contributed by atoms with E-state index >= 15 is 0 Å². The summed E-state index contributed by atoms with van der Waals surface area (Å²) in [6.45, 7) is 0. The minimum Gasteiger partial charge on any atom is -0.322 e. The van der Waals surface area contributed by atoms with Gasteiger partial charge in [-0.15, -0.1) is 0 Å². The number of benzene rings is 3. The highest BCUT2D eigenvalue weighted by molar-refractivity contribution is 6.06. The Morgan fingerprint density at radius 2 is 1.57 bits per heavy atom. The molecule has 102 valence electrons. The maximum Gasteiger partial charge on any atom is 0.255 e. The standard InChI is InChI=1S/C18H13NO2/c20-12-13-5-9-17(10-6-13)19-18(21)16-8-7-14-3-1-2-4-15(14)11-16/h1-12H,(H,19,21). The molecule has 0 fully saturated rings. The van der Waals surface area contributed by atoms with Gasteiger partial charge >= 0.3 is 0 Å². The molecule has 0 aromatic heterocycles. The average molecular weight is 275 g/mol. The summed E-state index contributed by atoms with van der Waals surface area (Å²) in [5.41, 5.74) is 1.85. The smallest absolute Gasteiger partial charge is 0.255 e. The number of fused-ring (bicyclic) bond motifs is 1. The molecule has 1 amide bonds. The van der Waals surface area contributed by atoms with E-state index in [1.165, 1.54) is 0 Å². The minimum atomic E-state index is -0.167. The van der Waals surface area contributed by atoms with Crippen molar-refractivity contribution in [3.05, 3.63) is 77.9 Å². The molecule has 0 saturated heterocycles. The second-order valence-corrected chi connectivity index (χ2v) is 4.76. The normalized spacial score (nSPS) is 10.3. The molecule has 0 bridgehead atoms. The Balaban J connectivity index is 1.84. The second kappa shape index (κ2) is 5.59. The summed E-state index contributed by atoms with van der Waals surface area (Å²) in [4.78, 5) is 22.8. The van der Waals surface area contributed by atoms with Gasteiger partial charge in [0, 0.05) is 16.8 Å². The van der Waals surface area contributed by atoms with E-state index in [9.17, 15) is 9.59 Å². The fraction of sp³-hybridized carbons (Fsp3) is 0. The highest BCUT2D eigenvalue weighted by Gasteiger charge is 2.06. The Labute approximate surface area is 122 Å². The van der Waals surface area contributed by atoms with Crippen molar-refractivity contribution in [3.63, 3.8) is 0 Å². The molecule has 0 spiro atoms. The average Bonchev–Trinajstić information content (AvgIpc) is 2.55. The molecule has 3 nitrogen and oxygen atoms in total. The minimum absolute atomic E-state index is 0.167. The van der Waals surface area contributed by atoms with Crippen LogP contribution in [0.15, 0.2) is 66.7 Å². The molecule has 3 heteroatoms. The zero-order valence-corrected chi connectivity index (χ0v) is 11.2. The number of carbonyl (C=O) groups excluding carboxylic acids is 2. The van der Waals surface area contributed by atoms with Crippen molar-refractivity contribution in [2.75, 3.05) is 5.32 Å². The fourth-order valence-corrected chi connectivity index (χ4v) is 2.18. The van der Waals surface area contributed by atoms with Crippen LogP contribution in [0, 0.1) is 0 Å². The Morgan fingerprint density at radius 3 is 2.29 bits per heavy atom. The molecule has 3 aromatic carbocycles. The van der Waals surface area contributed by atoms with E-state index in [2.05, 4.69) is 5.32 Å². The van der Waals surface area contributed by atoms with Gasteiger partial charge in [-0.1, -0.05) is 30.3 Å². The lowest BCUT2D eigenvalue weighted by Gasteiger charge is -2.06. The van der Waals surface area contributed by atoms with Crippen LogP contribution < -0.4 is 5.32 Å². The van der Waals surface area contributed by atoms with Crippen molar-refractivity contribution in [1.82, 2.24) is 0 Å². The van der Waals surface area contributed by atoms with Crippen molar-refractivity contribution in [2.24, 2.45) is 0 Å². The van der Waals surface area contributed by atoms with Crippen LogP contribution >= 0.6 is 0 Å². The van der Waals surface area contributed by atoms with E-state index < -0.39 is 0 Å². The first-order chi connectivity index (χ1) is 10.3. The number of hydrogen-bond acceptors (Lipinski definition) is 2. The molecule has 0 heterocycles. The molecular formula is C18H13NO2. The summed E-state index contributed by atoms with van der Waals surface area (Å²) in [5.74, 6) is -0.167. The van der Waals surface area contributed by atoms with E-state index in [4.69, 9.17) is 0 Å². The summed E-state index contributed by atoms with van der Waals surface area (Å²) in [6, 6.07) is 20.3. The lowest BCUT2D eigenvalue weighted by molar-refractivity contribution is 0.102. The molecule has 0 aliphatic carbocycles. The predicted octanol–water partition coefficient (Wildman–Crippen LogP) is 3.90. The van der Waals surface area contributed by atoms with Crippen molar-refractivity contribution < 1.29 is 9.59 Å². The van der Waals surface area contributed by atoms with Gasteiger partial charge in [0.25, 0.3) is 5.91 Å². The van der Waals surface area contributed by atoms with Gasteiger partial charge in [0.2, 0.25) is 0 Å². The second-order valence-electron chi connectivity index (χ2n) is 4.76. The molecule has 3 aromatic rings. The monoisotopic (exact) mass is 275 g/mol. The maximum absolute atomic E-state index is 12.2. The Kier molecular flexibility index (Phi) is 3.48. The maximum atomic E-state index is 12.2. The molecule has 0 atom stereocenters. The van der Waals surface area contributed by atoms with Gasteiger partial charge in [-0.25, -0.2) is 0 Å². The summed E-state index contributed by atoms with van der Waals surface area (Å²) < 4.78 is 0. The Morgan fingerprint density at radius 1 is 0.857 bits per heavy atom. The predicted molar refractivity (Wildman–Crippen MR) is 83.7 cm³/mol. The molecular weight excluding hydrogens is 262 g/mol. The molecule has 1 N–H and O–H groups in total. The molecule has 0 aliphatic heterocycles. The number of aldehydes is 1. The third-order valence-electron chi connectivity index (χ3n) is 3.32. The van der Waals surface area contributed by atoms with Gasteiger partial charge in [-0.3, -0.25) is 9.59 Å². The summed E-state index contributed by atoms with van der Waals surface area (Å²) in [6.07, 6.45) is 0.773. The highest BCUT2D eigenvalue weighted by atomic mass is 16.1. The number of nitrogens with one attached hydrogen (secondary N) is 1. The van der Waals surface area contributed by atoms with Crippen LogP contribution in [0.3, 0.4) is 0 Å². The largest absolute Gasteiger partial charge is 0.322 e. The number of carbonyl (C=O) groups is 2. The van der Waals surface area contributed by atoms with Crippen LogP contribution in [-0.2, 0) is 0 Å². The van der Waals surface area contributed by atoms with Crippen LogP contribution in [0.5, 0.6) is 0 Å². The highest BCUT2D eigenvalue weighted by Crippen LogP contribution is 2.17. The number of rotatable bonds is 3. The van der Waals surface area contributed by atoms with Gasteiger partial charge in [0.15, 0.2) is 0 Å². The van der Waals surface area contributed by atoms with Gasteiger partial charge in [-0.05, 0) is 47.2 Å². The van der Waals surface area contributed by atoms with Gasteiger partial charge < -0.3 is 5.32 Å². The molecule has 0 aliphatic rings. The van der Waals surface area contributed by atoms with Gasteiger partial charge in [-0.2, -0.15) is 0 Å². The van der Waals surface area contributed by atoms with Gasteiger partial charge in [0.05, 0.1) is 0 Å². The Bertz CT molecular complexity index is 807. The number of hydrogen-bond donors (Lipinski definition) is 1. The van der Waals surface area contributed by atoms with Gasteiger partial charge in [0.1, 0.15) is 6.29 Å². The van der Waals surface area contributed by atoms with Crippen molar-refractivity contribution in [2.45, 2.75) is 0 Å². The fourth-order valence-electron chi connectivity index (χ4n) is 2.18. The van der Waals surface area contributed by atoms with E-state index in [0.29, 0.717) is 16.8 Å². The molecule has 0 radical (unpaired) electrons. The van der Waals surface area contributed by atoms with E-state index in [1.54, 1.807) is 30.3 Å². The van der Waals surface area contributed by atoms with Crippen LogP contribution in [-0.4, -0.2) is 12.2 Å². The van der Waals surface area contributed by atoms with E-state index in [1.807, 2.05) is 36.4 Å². The Hall–Kier alpha value is -2.94. The molecule has 3 rings (SSSR count). The third-order valence-corrected chi connectivity index (χ3v) is 3.32. The first kappa shape index (κ1) is 13.1. The summed E-state index contributed by atoms with van der Waals surface area (Å²) in [5, 5.41) is 4.95. The zero-order chi connectivity index (χ0) is 14.7. The van der Waals surface area contributed by atoms with Crippen molar-refractivity contribution in [1.29, 1.82) is 0 Å². The topological polar surface area (TPSA) is 46.2 Å². The first-order valence-corrected chi connectivity index (χ1v) is 6.62. The summed E-state index contributed by atoms with van der Waals surface area (Å²) in [7, 11) is 0. The third kappa shape index (κ3) is 2.82. The number of amides is 1. The van der Waals surface area contributed by atoms with Crippen LogP contribution in [0.4, 0.5) is 5.69 Å². The summed E-state index contributed by atoms with van der Waals surface area (Å²) >= 11 is 0. The molecule has 0 saturated carbocycles. The lowest BCUT2D eigenvalue weighted by Crippen LogP contribution is -2.11. The van der Waals surface area contributed by atoms with Crippen LogP contribution in [0.25, 0.3) is 10.8 Å². The number of anilines is 1.